The molecule has 0 aromatic carbocycles. The SMILES string of the molecule is CC(C)c1cc(C(=O)N2CCS(=O)(=O)CC2C)cc(N)n1. The van der Waals surface area contributed by atoms with Crippen molar-refractivity contribution in [3.63, 3.8) is 0 Å². The van der Waals surface area contributed by atoms with Crippen LogP contribution in [-0.4, -0.2) is 48.3 Å². The highest BCUT2D eigenvalue weighted by molar-refractivity contribution is 7.91. The number of aromatic nitrogens is 1. The van der Waals surface area contributed by atoms with Crippen molar-refractivity contribution < 1.29 is 13.2 Å². The van der Waals surface area contributed by atoms with E-state index in [0.29, 0.717) is 11.4 Å². The predicted molar refractivity (Wildman–Crippen MR) is 81.9 cm³/mol. The lowest BCUT2D eigenvalue weighted by Crippen LogP contribution is -2.49. The van der Waals surface area contributed by atoms with Gasteiger partial charge in [0.05, 0.1) is 11.5 Å². The van der Waals surface area contributed by atoms with Crippen LogP contribution in [-0.2, 0) is 9.84 Å². The molecule has 1 unspecified atom stereocenters. The average molecular weight is 311 g/mol. The van der Waals surface area contributed by atoms with Gasteiger partial charge in [-0.05, 0) is 25.0 Å². The maximum Gasteiger partial charge on any atom is 0.254 e. The molecule has 21 heavy (non-hydrogen) atoms. The number of carbonyl (C=O) groups is 1. The number of amides is 1. The maximum absolute atomic E-state index is 12.6. The molecule has 0 spiro atoms. The fourth-order valence-electron chi connectivity index (χ4n) is 2.46. The molecule has 1 atom stereocenters. The summed E-state index contributed by atoms with van der Waals surface area (Å²) in [5.74, 6) is 0.311. The zero-order chi connectivity index (χ0) is 15.8. The molecule has 0 saturated carbocycles. The van der Waals surface area contributed by atoms with Crippen LogP contribution in [0.1, 0.15) is 42.7 Å². The predicted octanol–water partition coefficient (Wildman–Crippen LogP) is 1.05. The Morgan fingerprint density at radius 2 is 2.10 bits per heavy atom. The number of rotatable bonds is 2. The zero-order valence-corrected chi connectivity index (χ0v) is 13.4. The monoisotopic (exact) mass is 311 g/mol. The Balaban J connectivity index is 2.28. The highest BCUT2D eigenvalue weighted by atomic mass is 32.2. The molecule has 0 aliphatic carbocycles. The van der Waals surface area contributed by atoms with Crippen molar-refractivity contribution in [1.82, 2.24) is 9.88 Å². The molecule has 1 fully saturated rings. The molecular weight excluding hydrogens is 290 g/mol. The number of nitrogens with zero attached hydrogens (tertiary/aromatic N) is 2. The molecule has 2 heterocycles. The first-order valence-electron chi connectivity index (χ1n) is 6.98. The first kappa shape index (κ1) is 15.8. The number of anilines is 1. The Bertz CT molecular complexity index is 655. The van der Waals surface area contributed by atoms with Gasteiger partial charge in [-0.3, -0.25) is 4.79 Å². The summed E-state index contributed by atoms with van der Waals surface area (Å²) >= 11 is 0. The van der Waals surface area contributed by atoms with Crippen molar-refractivity contribution in [2.24, 2.45) is 0 Å². The average Bonchev–Trinajstić information content (AvgIpc) is 2.36. The van der Waals surface area contributed by atoms with Gasteiger partial charge in [0.25, 0.3) is 5.91 Å². The summed E-state index contributed by atoms with van der Waals surface area (Å²) in [6, 6.07) is 2.96. The molecule has 1 aromatic rings. The Hall–Kier alpha value is -1.63. The maximum atomic E-state index is 12.6. The molecule has 1 amide bonds. The van der Waals surface area contributed by atoms with Crippen LogP contribution in [0.4, 0.5) is 5.82 Å². The van der Waals surface area contributed by atoms with Gasteiger partial charge in [0.15, 0.2) is 9.84 Å². The van der Waals surface area contributed by atoms with Crippen LogP contribution in [0.3, 0.4) is 0 Å². The molecule has 0 bridgehead atoms. The molecule has 6 nitrogen and oxygen atoms in total. The van der Waals surface area contributed by atoms with Crippen LogP contribution < -0.4 is 5.73 Å². The molecule has 2 N–H and O–H groups in total. The van der Waals surface area contributed by atoms with E-state index < -0.39 is 9.84 Å². The van der Waals surface area contributed by atoms with Crippen molar-refractivity contribution in [1.29, 1.82) is 0 Å². The van der Waals surface area contributed by atoms with E-state index in [1.807, 2.05) is 13.8 Å². The van der Waals surface area contributed by atoms with Crippen molar-refractivity contribution in [3.8, 4) is 0 Å². The van der Waals surface area contributed by atoms with E-state index >= 15 is 0 Å². The second-order valence-electron chi connectivity index (χ2n) is 5.82. The lowest BCUT2D eigenvalue weighted by Gasteiger charge is -2.33. The third kappa shape index (κ3) is 3.53. The fraction of sp³-hybridized carbons (Fsp3) is 0.571. The second-order valence-corrected chi connectivity index (χ2v) is 8.05. The van der Waals surface area contributed by atoms with Crippen LogP contribution in [0, 0.1) is 0 Å². The largest absolute Gasteiger partial charge is 0.384 e. The summed E-state index contributed by atoms with van der Waals surface area (Å²) in [6.07, 6.45) is 0. The second kappa shape index (κ2) is 5.63. The number of pyridine rings is 1. The Kier molecular flexibility index (Phi) is 4.22. The van der Waals surface area contributed by atoms with Crippen molar-refractivity contribution >= 4 is 21.6 Å². The highest BCUT2D eigenvalue weighted by Gasteiger charge is 2.32. The van der Waals surface area contributed by atoms with E-state index in [1.54, 1.807) is 24.0 Å². The van der Waals surface area contributed by atoms with Crippen LogP contribution in [0.25, 0.3) is 0 Å². The van der Waals surface area contributed by atoms with E-state index in [1.165, 1.54) is 0 Å². The number of hydrogen-bond acceptors (Lipinski definition) is 5. The van der Waals surface area contributed by atoms with E-state index in [0.717, 1.165) is 5.69 Å². The normalized spacial score (nSPS) is 21.5. The molecule has 116 valence electrons. The standard InChI is InChI=1S/C14H21N3O3S/c1-9(2)12-6-11(7-13(15)16-12)14(18)17-4-5-21(19,20)8-10(17)3/h6-7,9-10H,4-5,8H2,1-3H3,(H2,15,16). The summed E-state index contributed by atoms with van der Waals surface area (Å²) in [4.78, 5) is 18.4. The minimum Gasteiger partial charge on any atom is -0.384 e. The number of sulfone groups is 1. The number of nitrogens with two attached hydrogens (primary N) is 1. The Morgan fingerprint density at radius 1 is 1.43 bits per heavy atom. The van der Waals surface area contributed by atoms with Gasteiger partial charge in [-0.1, -0.05) is 13.8 Å². The molecule has 0 radical (unpaired) electrons. The van der Waals surface area contributed by atoms with Crippen molar-refractivity contribution in [2.45, 2.75) is 32.7 Å². The fourth-order valence-corrected chi connectivity index (χ4v) is 4.02. The third-order valence-corrected chi connectivity index (χ3v) is 5.43. The van der Waals surface area contributed by atoms with Gasteiger partial charge < -0.3 is 10.6 Å². The Labute approximate surface area is 125 Å². The van der Waals surface area contributed by atoms with Gasteiger partial charge in [-0.15, -0.1) is 0 Å². The van der Waals surface area contributed by atoms with Gasteiger partial charge in [0.1, 0.15) is 5.82 Å². The van der Waals surface area contributed by atoms with Crippen molar-refractivity contribution in [2.75, 3.05) is 23.8 Å². The van der Waals surface area contributed by atoms with E-state index in [4.69, 9.17) is 5.73 Å². The topological polar surface area (TPSA) is 93.4 Å². The number of hydrogen-bond donors (Lipinski definition) is 1. The quantitative estimate of drug-likeness (QED) is 0.881. The van der Waals surface area contributed by atoms with Gasteiger partial charge in [-0.25, -0.2) is 13.4 Å². The molecular formula is C14H21N3O3S. The van der Waals surface area contributed by atoms with E-state index in [9.17, 15) is 13.2 Å². The molecule has 1 aliphatic rings. The minimum atomic E-state index is -3.04. The van der Waals surface area contributed by atoms with Gasteiger partial charge in [0, 0.05) is 23.8 Å². The molecule has 1 aliphatic heterocycles. The summed E-state index contributed by atoms with van der Waals surface area (Å²) in [6.45, 7) is 5.93. The van der Waals surface area contributed by atoms with Crippen molar-refractivity contribution in [3.05, 3.63) is 23.4 Å². The minimum absolute atomic E-state index is 0.0103. The van der Waals surface area contributed by atoms with Crippen LogP contribution in [0.5, 0.6) is 0 Å². The molecule has 1 aromatic heterocycles. The van der Waals surface area contributed by atoms with Gasteiger partial charge in [-0.2, -0.15) is 0 Å². The third-order valence-electron chi connectivity index (χ3n) is 3.63. The first-order valence-corrected chi connectivity index (χ1v) is 8.80. The van der Waals surface area contributed by atoms with Crippen LogP contribution in [0.15, 0.2) is 12.1 Å². The van der Waals surface area contributed by atoms with Crippen LogP contribution in [0.2, 0.25) is 0 Å². The summed E-state index contributed by atoms with van der Waals surface area (Å²) in [7, 11) is -3.04. The molecule has 1 saturated heterocycles. The smallest absolute Gasteiger partial charge is 0.254 e. The van der Waals surface area contributed by atoms with Gasteiger partial charge in [0.2, 0.25) is 0 Å². The van der Waals surface area contributed by atoms with Crippen LogP contribution >= 0.6 is 0 Å². The number of nitrogen functional groups attached to an aromatic ring is 1. The van der Waals surface area contributed by atoms with Gasteiger partial charge >= 0.3 is 0 Å². The lowest BCUT2D eigenvalue weighted by atomic mass is 10.1. The summed E-state index contributed by atoms with van der Waals surface area (Å²) in [5, 5.41) is 0. The first-order chi connectivity index (χ1) is 9.69. The van der Waals surface area contributed by atoms with E-state index in [2.05, 4.69) is 4.98 Å². The van der Waals surface area contributed by atoms with E-state index in [-0.39, 0.29) is 35.9 Å². The lowest BCUT2D eigenvalue weighted by molar-refractivity contribution is 0.0712. The zero-order valence-electron chi connectivity index (χ0n) is 12.5. The molecule has 2 rings (SSSR count). The summed E-state index contributed by atoms with van der Waals surface area (Å²) < 4.78 is 23.2. The summed E-state index contributed by atoms with van der Waals surface area (Å²) in [5.41, 5.74) is 6.99. The Morgan fingerprint density at radius 3 is 2.67 bits per heavy atom. The highest BCUT2D eigenvalue weighted by Crippen LogP contribution is 2.20. The molecule has 7 heteroatoms. The number of carbonyl (C=O) groups excluding carboxylic acids is 1.